The molecule has 1 aromatic rings. The third-order valence-electron chi connectivity index (χ3n) is 3.29. The Morgan fingerprint density at radius 2 is 2.29 bits per heavy atom. The minimum Gasteiger partial charge on any atom is -0.497 e. The quantitative estimate of drug-likeness (QED) is 0.811. The third-order valence-corrected chi connectivity index (χ3v) is 3.29. The monoisotopic (exact) mass is 232 g/mol. The molecule has 2 rings (SSSR count). The maximum Gasteiger partial charge on any atom is 0.121 e. The Balaban J connectivity index is 2.11. The van der Waals surface area contributed by atoms with Gasteiger partial charge in [-0.15, -0.1) is 0 Å². The van der Waals surface area contributed by atoms with Gasteiger partial charge >= 0.3 is 0 Å². The van der Waals surface area contributed by atoms with Gasteiger partial charge in [-0.05, 0) is 25.0 Å². The number of methoxy groups -OCH3 is 1. The fourth-order valence-electron chi connectivity index (χ4n) is 1.74. The van der Waals surface area contributed by atoms with Crippen LogP contribution in [0.3, 0.4) is 0 Å². The summed E-state index contributed by atoms with van der Waals surface area (Å²) in [5, 5.41) is 21.5. The molecular weight excluding hydrogens is 216 g/mol. The van der Waals surface area contributed by atoms with Crippen molar-refractivity contribution in [3.63, 3.8) is 0 Å². The molecule has 0 aliphatic heterocycles. The number of aliphatic hydroxyl groups excluding tert-OH is 1. The summed E-state index contributed by atoms with van der Waals surface area (Å²) in [6, 6.07) is 7.45. The molecule has 0 amide bonds. The third kappa shape index (κ3) is 2.51. The zero-order chi connectivity index (χ0) is 12.3. The van der Waals surface area contributed by atoms with Crippen molar-refractivity contribution in [2.24, 2.45) is 5.41 Å². The first-order valence-electron chi connectivity index (χ1n) is 5.66. The largest absolute Gasteiger partial charge is 0.497 e. The van der Waals surface area contributed by atoms with E-state index in [2.05, 4.69) is 11.4 Å². The molecular formula is C13H16N2O2. The normalized spacial score (nSPS) is 16.1. The molecule has 0 aromatic heterocycles. The summed E-state index contributed by atoms with van der Waals surface area (Å²) >= 11 is 0. The minimum atomic E-state index is 0.0236. The van der Waals surface area contributed by atoms with Crippen LogP contribution in [0.4, 0.5) is 5.69 Å². The zero-order valence-electron chi connectivity index (χ0n) is 9.86. The van der Waals surface area contributed by atoms with Crippen molar-refractivity contribution in [2.75, 3.05) is 25.6 Å². The Morgan fingerprint density at radius 3 is 2.82 bits per heavy atom. The van der Waals surface area contributed by atoms with Crippen LogP contribution >= 0.6 is 0 Å². The van der Waals surface area contributed by atoms with E-state index in [1.807, 2.05) is 6.07 Å². The summed E-state index contributed by atoms with van der Waals surface area (Å²) in [5.41, 5.74) is 1.39. The smallest absolute Gasteiger partial charge is 0.121 e. The first kappa shape index (κ1) is 11.7. The highest BCUT2D eigenvalue weighted by atomic mass is 16.5. The Morgan fingerprint density at radius 1 is 1.53 bits per heavy atom. The molecule has 1 aromatic carbocycles. The van der Waals surface area contributed by atoms with E-state index >= 15 is 0 Å². The molecule has 1 aliphatic carbocycles. The molecule has 0 atom stereocenters. The molecule has 90 valence electrons. The van der Waals surface area contributed by atoms with Gasteiger partial charge in [-0.3, -0.25) is 0 Å². The van der Waals surface area contributed by atoms with Crippen molar-refractivity contribution < 1.29 is 9.84 Å². The van der Waals surface area contributed by atoms with Crippen LogP contribution < -0.4 is 10.1 Å². The first-order chi connectivity index (χ1) is 8.23. The fourth-order valence-corrected chi connectivity index (χ4v) is 1.74. The van der Waals surface area contributed by atoms with Crippen molar-refractivity contribution in [2.45, 2.75) is 12.8 Å². The average Bonchev–Trinajstić information content (AvgIpc) is 3.16. The van der Waals surface area contributed by atoms with E-state index in [9.17, 15) is 5.11 Å². The van der Waals surface area contributed by atoms with Crippen LogP contribution in [0.15, 0.2) is 18.2 Å². The van der Waals surface area contributed by atoms with Gasteiger partial charge in [0.2, 0.25) is 0 Å². The summed E-state index contributed by atoms with van der Waals surface area (Å²) in [4.78, 5) is 0. The molecule has 1 saturated carbocycles. The summed E-state index contributed by atoms with van der Waals surface area (Å²) in [6.45, 7) is 0.900. The average molecular weight is 232 g/mol. The van der Waals surface area contributed by atoms with Crippen LogP contribution in [-0.2, 0) is 0 Å². The van der Waals surface area contributed by atoms with Crippen LogP contribution in [0, 0.1) is 16.7 Å². The number of benzene rings is 1. The Kier molecular flexibility index (Phi) is 3.21. The predicted molar refractivity (Wildman–Crippen MR) is 65.0 cm³/mol. The summed E-state index contributed by atoms with van der Waals surface area (Å²) in [6.07, 6.45) is 2.09. The number of nitriles is 1. The van der Waals surface area contributed by atoms with E-state index in [0.717, 1.165) is 24.3 Å². The maximum absolute atomic E-state index is 9.23. The van der Waals surface area contributed by atoms with Gasteiger partial charge in [-0.1, -0.05) is 0 Å². The van der Waals surface area contributed by atoms with Crippen LogP contribution in [-0.4, -0.2) is 25.4 Å². The fraction of sp³-hybridized carbons (Fsp3) is 0.462. The van der Waals surface area contributed by atoms with E-state index in [1.165, 1.54) is 0 Å². The van der Waals surface area contributed by atoms with E-state index in [0.29, 0.717) is 12.1 Å². The van der Waals surface area contributed by atoms with Crippen LogP contribution in [0.5, 0.6) is 5.75 Å². The highest BCUT2D eigenvalue weighted by Gasteiger charge is 2.41. The predicted octanol–water partition coefficient (Wildman–Crippen LogP) is 1.75. The number of nitrogens with one attached hydrogen (secondary N) is 1. The molecule has 0 saturated heterocycles. The van der Waals surface area contributed by atoms with E-state index in [1.54, 1.807) is 19.2 Å². The van der Waals surface area contributed by atoms with Gasteiger partial charge in [-0.25, -0.2) is 0 Å². The van der Waals surface area contributed by atoms with E-state index < -0.39 is 0 Å². The molecule has 4 heteroatoms. The molecule has 0 heterocycles. The number of hydrogen-bond acceptors (Lipinski definition) is 4. The molecule has 2 N–H and O–H groups in total. The number of nitrogens with zero attached hydrogens (tertiary/aromatic N) is 1. The van der Waals surface area contributed by atoms with Gasteiger partial charge in [0.15, 0.2) is 0 Å². The Bertz CT molecular complexity index is 447. The van der Waals surface area contributed by atoms with Gasteiger partial charge < -0.3 is 15.2 Å². The highest BCUT2D eigenvalue weighted by molar-refractivity contribution is 5.60. The number of hydrogen-bond donors (Lipinski definition) is 2. The standard InChI is InChI=1S/C13H16N2O2/c1-17-11-3-2-10(7-14)12(6-11)15-8-13(9-16)4-5-13/h2-3,6,15-16H,4-5,8-9H2,1H3. The second kappa shape index (κ2) is 4.64. The lowest BCUT2D eigenvalue weighted by molar-refractivity contribution is 0.220. The summed E-state index contributed by atoms with van der Waals surface area (Å²) < 4.78 is 5.13. The lowest BCUT2D eigenvalue weighted by Gasteiger charge is -2.15. The van der Waals surface area contributed by atoms with Gasteiger partial charge in [0.1, 0.15) is 11.8 Å². The Hall–Kier alpha value is -1.73. The maximum atomic E-state index is 9.23. The summed E-state index contributed by atoms with van der Waals surface area (Å²) in [5.74, 6) is 0.723. The van der Waals surface area contributed by atoms with Crippen LogP contribution in [0.2, 0.25) is 0 Å². The molecule has 0 spiro atoms. The number of anilines is 1. The topological polar surface area (TPSA) is 65.3 Å². The van der Waals surface area contributed by atoms with Crippen molar-refractivity contribution in [3.8, 4) is 11.8 Å². The lowest BCUT2D eigenvalue weighted by atomic mass is 10.1. The number of ether oxygens (including phenoxy) is 1. The van der Waals surface area contributed by atoms with Crippen molar-refractivity contribution >= 4 is 5.69 Å². The van der Waals surface area contributed by atoms with Crippen molar-refractivity contribution in [1.82, 2.24) is 0 Å². The van der Waals surface area contributed by atoms with Gasteiger partial charge in [0.25, 0.3) is 0 Å². The van der Waals surface area contributed by atoms with Gasteiger partial charge in [0, 0.05) is 18.0 Å². The van der Waals surface area contributed by atoms with Crippen LogP contribution in [0.1, 0.15) is 18.4 Å². The SMILES string of the molecule is COc1ccc(C#N)c(NCC2(CO)CC2)c1. The lowest BCUT2D eigenvalue weighted by Crippen LogP contribution is -2.19. The van der Waals surface area contributed by atoms with Crippen molar-refractivity contribution in [3.05, 3.63) is 23.8 Å². The zero-order valence-corrected chi connectivity index (χ0v) is 9.86. The van der Waals surface area contributed by atoms with Crippen LogP contribution in [0.25, 0.3) is 0 Å². The molecule has 0 radical (unpaired) electrons. The molecule has 0 unspecified atom stereocenters. The molecule has 1 fully saturated rings. The number of rotatable bonds is 5. The van der Waals surface area contributed by atoms with Crippen molar-refractivity contribution in [1.29, 1.82) is 5.26 Å². The minimum absolute atomic E-state index is 0.0236. The molecule has 4 nitrogen and oxygen atoms in total. The van der Waals surface area contributed by atoms with E-state index in [-0.39, 0.29) is 12.0 Å². The Labute approximate surface area is 101 Å². The van der Waals surface area contributed by atoms with Gasteiger partial charge in [-0.2, -0.15) is 5.26 Å². The first-order valence-corrected chi connectivity index (χ1v) is 5.66. The number of aliphatic hydroxyl groups is 1. The van der Waals surface area contributed by atoms with Gasteiger partial charge in [0.05, 0.1) is 25.0 Å². The highest BCUT2D eigenvalue weighted by Crippen LogP contribution is 2.45. The summed E-state index contributed by atoms with van der Waals surface area (Å²) in [7, 11) is 1.60. The van der Waals surface area contributed by atoms with E-state index in [4.69, 9.17) is 10.00 Å². The molecule has 1 aliphatic rings. The molecule has 17 heavy (non-hydrogen) atoms. The molecule has 0 bridgehead atoms. The second-order valence-electron chi connectivity index (χ2n) is 4.53. The second-order valence-corrected chi connectivity index (χ2v) is 4.53.